The molecule has 0 atom stereocenters. The Hall–Kier alpha value is -2.86. The molecule has 2 rings (SSSR count). The molecule has 144 valence electrons. The molecule has 0 aliphatic carbocycles. The normalized spacial score (nSPS) is 10.6. The molecule has 6 heteroatoms. The standard InChI is InChI=1S/C21H27N3O3/c1-5-27-18-12-7-6-11-17(18)22-19(25)13-24(4)14-20(26)23-21-15(2)9-8-10-16(21)3/h6-12H,5,13-14H2,1-4H3,(H,22,25)(H,23,26). The van der Waals surface area contributed by atoms with E-state index in [1.807, 2.05) is 51.1 Å². The first-order valence-electron chi connectivity index (χ1n) is 8.97. The third-order valence-corrected chi connectivity index (χ3v) is 4.03. The van der Waals surface area contributed by atoms with Crippen LogP contribution in [-0.2, 0) is 9.59 Å². The molecule has 27 heavy (non-hydrogen) atoms. The number of amides is 2. The van der Waals surface area contributed by atoms with E-state index in [0.717, 1.165) is 16.8 Å². The molecule has 0 heterocycles. The summed E-state index contributed by atoms with van der Waals surface area (Å²) < 4.78 is 5.50. The van der Waals surface area contributed by atoms with Crippen molar-refractivity contribution in [3.05, 3.63) is 53.6 Å². The second kappa shape index (κ2) is 9.73. The first-order valence-corrected chi connectivity index (χ1v) is 8.97. The maximum Gasteiger partial charge on any atom is 0.238 e. The summed E-state index contributed by atoms with van der Waals surface area (Å²) in [4.78, 5) is 26.3. The van der Waals surface area contributed by atoms with Crippen molar-refractivity contribution in [3.63, 3.8) is 0 Å². The number of para-hydroxylation sites is 3. The van der Waals surface area contributed by atoms with Crippen LogP contribution in [0.15, 0.2) is 42.5 Å². The van der Waals surface area contributed by atoms with Gasteiger partial charge in [-0.3, -0.25) is 14.5 Å². The Morgan fingerprint density at radius 2 is 1.52 bits per heavy atom. The average molecular weight is 369 g/mol. The van der Waals surface area contributed by atoms with E-state index < -0.39 is 0 Å². The van der Waals surface area contributed by atoms with E-state index >= 15 is 0 Å². The molecule has 0 fully saturated rings. The zero-order valence-corrected chi connectivity index (χ0v) is 16.3. The number of ether oxygens (including phenoxy) is 1. The number of benzene rings is 2. The maximum atomic E-state index is 12.3. The SMILES string of the molecule is CCOc1ccccc1NC(=O)CN(C)CC(=O)Nc1c(C)cccc1C. The summed E-state index contributed by atoms with van der Waals surface area (Å²) in [7, 11) is 1.73. The van der Waals surface area contributed by atoms with Gasteiger partial charge in [-0.1, -0.05) is 30.3 Å². The highest BCUT2D eigenvalue weighted by molar-refractivity contribution is 5.96. The van der Waals surface area contributed by atoms with Crippen molar-refractivity contribution >= 4 is 23.2 Å². The number of aryl methyl sites for hydroxylation is 2. The highest BCUT2D eigenvalue weighted by atomic mass is 16.5. The highest BCUT2D eigenvalue weighted by Gasteiger charge is 2.14. The van der Waals surface area contributed by atoms with Crippen LogP contribution < -0.4 is 15.4 Å². The van der Waals surface area contributed by atoms with Crippen LogP contribution in [0.5, 0.6) is 5.75 Å². The summed E-state index contributed by atoms with van der Waals surface area (Å²) in [6, 6.07) is 13.1. The number of carbonyl (C=O) groups excluding carboxylic acids is 2. The van der Waals surface area contributed by atoms with Gasteiger partial charge in [0.15, 0.2) is 0 Å². The largest absolute Gasteiger partial charge is 0.492 e. The number of hydrogen-bond donors (Lipinski definition) is 2. The summed E-state index contributed by atoms with van der Waals surface area (Å²) in [6.07, 6.45) is 0. The number of carbonyl (C=O) groups is 2. The molecule has 2 aromatic carbocycles. The van der Waals surface area contributed by atoms with Crippen LogP contribution in [0.2, 0.25) is 0 Å². The summed E-state index contributed by atoms with van der Waals surface area (Å²) in [6.45, 7) is 6.53. The zero-order chi connectivity index (χ0) is 19.8. The Morgan fingerprint density at radius 1 is 0.926 bits per heavy atom. The molecule has 0 bridgehead atoms. The van der Waals surface area contributed by atoms with E-state index in [2.05, 4.69) is 10.6 Å². The molecular formula is C21H27N3O3. The molecule has 2 N–H and O–H groups in total. The minimum Gasteiger partial charge on any atom is -0.492 e. The van der Waals surface area contributed by atoms with Gasteiger partial charge in [0.05, 0.1) is 25.4 Å². The first-order chi connectivity index (χ1) is 12.9. The smallest absolute Gasteiger partial charge is 0.238 e. The fourth-order valence-electron chi connectivity index (χ4n) is 2.78. The van der Waals surface area contributed by atoms with Crippen molar-refractivity contribution < 1.29 is 14.3 Å². The van der Waals surface area contributed by atoms with E-state index in [0.29, 0.717) is 18.0 Å². The Kier molecular flexibility index (Phi) is 7.37. The molecule has 0 radical (unpaired) electrons. The quantitative estimate of drug-likeness (QED) is 0.750. The van der Waals surface area contributed by atoms with Gasteiger partial charge in [0, 0.05) is 5.69 Å². The van der Waals surface area contributed by atoms with Crippen LogP contribution in [-0.4, -0.2) is 43.5 Å². The van der Waals surface area contributed by atoms with Crippen LogP contribution in [0.25, 0.3) is 0 Å². The summed E-state index contributed by atoms with van der Waals surface area (Å²) >= 11 is 0. The van der Waals surface area contributed by atoms with Gasteiger partial charge in [-0.15, -0.1) is 0 Å². The fourth-order valence-corrected chi connectivity index (χ4v) is 2.78. The lowest BCUT2D eigenvalue weighted by atomic mass is 10.1. The van der Waals surface area contributed by atoms with Gasteiger partial charge in [-0.2, -0.15) is 0 Å². The zero-order valence-electron chi connectivity index (χ0n) is 16.3. The van der Waals surface area contributed by atoms with Crippen LogP contribution in [0.4, 0.5) is 11.4 Å². The third kappa shape index (κ3) is 6.11. The Morgan fingerprint density at radius 3 is 2.15 bits per heavy atom. The van der Waals surface area contributed by atoms with E-state index in [1.165, 1.54) is 0 Å². The summed E-state index contributed by atoms with van der Waals surface area (Å²) in [5, 5.41) is 5.76. The average Bonchev–Trinajstić information content (AvgIpc) is 2.60. The molecule has 0 spiro atoms. The minimum absolute atomic E-state index is 0.0979. The lowest BCUT2D eigenvalue weighted by Gasteiger charge is -2.18. The summed E-state index contributed by atoms with van der Waals surface area (Å²) in [5.74, 6) is 0.269. The Labute approximate surface area is 160 Å². The van der Waals surface area contributed by atoms with E-state index in [-0.39, 0.29) is 24.9 Å². The third-order valence-electron chi connectivity index (χ3n) is 4.03. The molecule has 0 aliphatic rings. The summed E-state index contributed by atoms with van der Waals surface area (Å²) in [5.41, 5.74) is 3.47. The lowest BCUT2D eigenvalue weighted by Crippen LogP contribution is -2.36. The molecule has 0 aromatic heterocycles. The number of nitrogens with one attached hydrogen (secondary N) is 2. The van der Waals surface area contributed by atoms with Crippen LogP contribution >= 0.6 is 0 Å². The number of nitrogens with zero attached hydrogens (tertiary/aromatic N) is 1. The van der Waals surface area contributed by atoms with Gasteiger partial charge in [0.2, 0.25) is 11.8 Å². The van der Waals surface area contributed by atoms with Gasteiger partial charge in [-0.05, 0) is 51.1 Å². The van der Waals surface area contributed by atoms with Gasteiger partial charge in [-0.25, -0.2) is 0 Å². The van der Waals surface area contributed by atoms with E-state index in [4.69, 9.17) is 4.74 Å². The van der Waals surface area contributed by atoms with Gasteiger partial charge < -0.3 is 15.4 Å². The molecular weight excluding hydrogens is 342 g/mol. The lowest BCUT2D eigenvalue weighted by molar-refractivity contribution is -0.119. The predicted octanol–water partition coefficient (Wildman–Crippen LogP) is 3.21. The van der Waals surface area contributed by atoms with Crippen molar-refractivity contribution in [1.29, 1.82) is 0 Å². The minimum atomic E-state index is -0.204. The first kappa shape index (κ1) is 20.5. The second-order valence-electron chi connectivity index (χ2n) is 6.46. The van der Waals surface area contributed by atoms with Crippen LogP contribution in [0, 0.1) is 13.8 Å². The van der Waals surface area contributed by atoms with Gasteiger partial charge in [0.1, 0.15) is 5.75 Å². The van der Waals surface area contributed by atoms with Crippen molar-refractivity contribution in [2.75, 3.05) is 37.4 Å². The highest BCUT2D eigenvalue weighted by Crippen LogP contribution is 2.23. The molecule has 0 saturated heterocycles. The molecule has 6 nitrogen and oxygen atoms in total. The topological polar surface area (TPSA) is 70.7 Å². The molecule has 0 unspecified atom stereocenters. The van der Waals surface area contributed by atoms with Crippen LogP contribution in [0.1, 0.15) is 18.1 Å². The molecule has 0 saturated carbocycles. The predicted molar refractivity (Wildman–Crippen MR) is 108 cm³/mol. The Bertz CT molecular complexity index is 785. The number of likely N-dealkylation sites (N-methyl/N-ethyl adjacent to an activating group) is 1. The van der Waals surface area contributed by atoms with Gasteiger partial charge >= 0.3 is 0 Å². The van der Waals surface area contributed by atoms with Crippen molar-refractivity contribution in [2.45, 2.75) is 20.8 Å². The maximum absolute atomic E-state index is 12.3. The molecule has 2 amide bonds. The van der Waals surface area contributed by atoms with Crippen LogP contribution in [0.3, 0.4) is 0 Å². The van der Waals surface area contributed by atoms with E-state index in [1.54, 1.807) is 24.1 Å². The number of anilines is 2. The fraction of sp³-hybridized carbons (Fsp3) is 0.333. The number of hydrogen-bond acceptors (Lipinski definition) is 4. The monoisotopic (exact) mass is 369 g/mol. The van der Waals surface area contributed by atoms with Crippen molar-refractivity contribution in [2.24, 2.45) is 0 Å². The van der Waals surface area contributed by atoms with Crippen molar-refractivity contribution in [1.82, 2.24) is 4.90 Å². The van der Waals surface area contributed by atoms with Crippen molar-refractivity contribution in [3.8, 4) is 5.75 Å². The van der Waals surface area contributed by atoms with Gasteiger partial charge in [0.25, 0.3) is 0 Å². The molecule has 0 aliphatic heterocycles. The Balaban J connectivity index is 1.89. The number of rotatable bonds is 8. The van der Waals surface area contributed by atoms with E-state index in [9.17, 15) is 9.59 Å². The second-order valence-corrected chi connectivity index (χ2v) is 6.46. The molecule has 2 aromatic rings.